The summed E-state index contributed by atoms with van der Waals surface area (Å²) in [4.78, 5) is 0. The van der Waals surface area contributed by atoms with Gasteiger partial charge in [0.05, 0.1) is 24.0 Å². The van der Waals surface area contributed by atoms with E-state index in [9.17, 15) is 8.42 Å². The topological polar surface area (TPSA) is 78.6 Å². The molecule has 2 N–H and O–H groups in total. The molecule has 0 saturated heterocycles. The van der Waals surface area contributed by atoms with E-state index in [2.05, 4.69) is 0 Å². The van der Waals surface area contributed by atoms with Gasteiger partial charge in [-0.15, -0.1) is 0 Å². The molecule has 1 aromatic carbocycles. The van der Waals surface area contributed by atoms with Crippen molar-refractivity contribution in [2.45, 2.75) is 0 Å². The molecule has 0 fully saturated rings. The van der Waals surface area contributed by atoms with Gasteiger partial charge in [0.25, 0.3) is 0 Å². The Hall–Kier alpha value is -0.530. The lowest BCUT2D eigenvalue weighted by Gasteiger charge is -2.08. The van der Waals surface area contributed by atoms with Gasteiger partial charge in [0.1, 0.15) is 12.4 Å². The van der Waals surface area contributed by atoms with Gasteiger partial charge in [-0.05, 0) is 12.1 Å². The fourth-order valence-corrected chi connectivity index (χ4v) is 1.76. The first-order valence-electron chi connectivity index (χ1n) is 5.04. The Morgan fingerprint density at radius 3 is 2.56 bits per heavy atom. The molecular weight excluding hydrogens is 301 g/mol. The Bertz CT molecular complexity index is 493. The van der Waals surface area contributed by atoms with Crippen molar-refractivity contribution in [2.75, 3.05) is 25.6 Å². The van der Waals surface area contributed by atoms with Crippen LogP contribution in [0.3, 0.4) is 0 Å². The molecule has 0 aromatic heterocycles. The van der Waals surface area contributed by atoms with Crippen LogP contribution < -0.4 is 9.88 Å². The SMILES string of the molecule is NS(=O)(=O)CCOCCOc1cc(Cl)ccc1Cl. The Morgan fingerprint density at radius 1 is 1.17 bits per heavy atom. The number of ether oxygens (including phenoxy) is 2. The predicted molar refractivity (Wildman–Crippen MR) is 70.8 cm³/mol. The Labute approximate surface area is 116 Å². The van der Waals surface area contributed by atoms with Crippen LogP contribution in [0, 0.1) is 0 Å². The summed E-state index contributed by atoms with van der Waals surface area (Å²) in [5.74, 6) is 0.240. The quantitative estimate of drug-likeness (QED) is 0.777. The number of hydrogen-bond acceptors (Lipinski definition) is 4. The molecule has 0 atom stereocenters. The maximum Gasteiger partial charge on any atom is 0.211 e. The Balaban J connectivity index is 2.24. The highest BCUT2D eigenvalue weighted by atomic mass is 35.5. The molecule has 102 valence electrons. The van der Waals surface area contributed by atoms with E-state index < -0.39 is 10.0 Å². The number of primary sulfonamides is 1. The molecule has 18 heavy (non-hydrogen) atoms. The van der Waals surface area contributed by atoms with E-state index in [1.165, 1.54) is 0 Å². The molecule has 0 radical (unpaired) electrons. The first-order valence-corrected chi connectivity index (χ1v) is 7.52. The number of benzene rings is 1. The van der Waals surface area contributed by atoms with Crippen molar-refractivity contribution in [1.82, 2.24) is 0 Å². The van der Waals surface area contributed by atoms with Crippen LogP contribution in [0.4, 0.5) is 0 Å². The molecular formula is C10H13Cl2NO4S. The Kier molecular flexibility index (Phi) is 6.17. The molecule has 0 aliphatic rings. The average Bonchev–Trinajstić information content (AvgIpc) is 2.26. The lowest BCUT2D eigenvalue weighted by Crippen LogP contribution is -2.21. The largest absolute Gasteiger partial charge is 0.490 e. The van der Waals surface area contributed by atoms with Crippen molar-refractivity contribution in [3.05, 3.63) is 28.2 Å². The first kappa shape index (κ1) is 15.5. The van der Waals surface area contributed by atoms with Crippen LogP contribution in [-0.2, 0) is 14.8 Å². The second-order valence-corrected chi connectivity index (χ2v) is 5.98. The van der Waals surface area contributed by atoms with Crippen molar-refractivity contribution in [3.8, 4) is 5.75 Å². The molecule has 1 aromatic rings. The lowest BCUT2D eigenvalue weighted by molar-refractivity contribution is 0.111. The highest BCUT2D eigenvalue weighted by Gasteiger charge is 2.04. The number of rotatable bonds is 7. The van der Waals surface area contributed by atoms with E-state index in [1.807, 2.05) is 0 Å². The van der Waals surface area contributed by atoms with E-state index >= 15 is 0 Å². The fourth-order valence-electron chi connectivity index (χ4n) is 1.08. The second kappa shape index (κ2) is 7.16. The van der Waals surface area contributed by atoms with Crippen molar-refractivity contribution < 1.29 is 17.9 Å². The molecule has 0 aliphatic heterocycles. The van der Waals surface area contributed by atoms with Crippen molar-refractivity contribution >= 4 is 33.2 Å². The molecule has 5 nitrogen and oxygen atoms in total. The van der Waals surface area contributed by atoms with Gasteiger partial charge in [-0.3, -0.25) is 0 Å². The van der Waals surface area contributed by atoms with Gasteiger partial charge in [-0.2, -0.15) is 0 Å². The Morgan fingerprint density at radius 2 is 1.89 bits per heavy atom. The maximum absolute atomic E-state index is 10.6. The van der Waals surface area contributed by atoms with Gasteiger partial charge >= 0.3 is 0 Å². The molecule has 0 saturated carbocycles. The number of sulfonamides is 1. The van der Waals surface area contributed by atoms with Gasteiger partial charge in [0.2, 0.25) is 10.0 Å². The van der Waals surface area contributed by atoms with Crippen molar-refractivity contribution in [2.24, 2.45) is 5.14 Å². The minimum atomic E-state index is -3.48. The van der Waals surface area contributed by atoms with Crippen LogP contribution in [0.15, 0.2) is 18.2 Å². The van der Waals surface area contributed by atoms with Gasteiger partial charge < -0.3 is 9.47 Å². The molecule has 0 aliphatic carbocycles. The predicted octanol–water partition coefficient (Wildman–Crippen LogP) is 1.68. The van der Waals surface area contributed by atoms with Crippen LogP contribution >= 0.6 is 23.2 Å². The molecule has 0 amide bonds. The van der Waals surface area contributed by atoms with Crippen LogP contribution in [0.1, 0.15) is 0 Å². The minimum absolute atomic E-state index is 0.0332. The standard InChI is InChI=1S/C10H13Cl2NO4S/c11-8-1-2-9(12)10(7-8)17-4-3-16-5-6-18(13,14)15/h1-2,7H,3-6H2,(H2,13,14,15). The van der Waals surface area contributed by atoms with Crippen LogP contribution in [0.25, 0.3) is 0 Å². The third kappa shape index (κ3) is 6.42. The average molecular weight is 314 g/mol. The normalized spacial score (nSPS) is 11.5. The second-order valence-electron chi connectivity index (χ2n) is 3.40. The van der Waals surface area contributed by atoms with Gasteiger partial charge in [-0.1, -0.05) is 23.2 Å². The summed E-state index contributed by atoms with van der Waals surface area (Å²) in [6.07, 6.45) is 0. The van der Waals surface area contributed by atoms with E-state index in [1.54, 1.807) is 18.2 Å². The lowest BCUT2D eigenvalue weighted by atomic mass is 10.3. The minimum Gasteiger partial charge on any atom is -0.490 e. The smallest absolute Gasteiger partial charge is 0.211 e. The summed E-state index contributed by atoms with van der Waals surface area (Å²) >= 11 is 11.7. The van der Waals surface area contributed by atoms with Gasteiger partial charge in [0, 0.05) is 11.1 Å². The molecule has 1 rings (SSSR count). The van der Waals surface area contributed by atoms with Gasteiger partial charge in [0.15, 0.2) is 0 Å². The van der Waals surface area contributed by atoms with Crippen LogP contribution in [-0.4, -0.2) is 34.0 Å². The van der Waals surface area contributed by atoms with E-state index in [0.717, 1.165) is 0 Å². The monoisotopic (exact) mass is 313 g/mol. The first-order chi connectivity index (χ1) is 8.38. The zero-order valence-electron chi connectivity index (χ0n) is 9.43. The fraction of sp³-hybridized carbons (Fsp3) is 0.400. The summed E-state index contributed by atoms with van der Waals surface area (Å²) in [7, 11) is -3.48. The zero-order valence-corrected chi connectivity index (χ0v) is 11.8. The van der Waals surface area contributed by atoms with Crippen molar-refractivity contribution in [3.63, 3.8) is 0 Å². The van der Waals surface area contributed by atoms with E-state index in [4.69, 9.17) is 37.8 Å². The highest BCUT2D eigenvalue weighted by Crippen LogP contribution is 2.27. The molecule has 0 heterocycles. The maximum atomic E-state index is 10.6. The number of hydrogen-bond donors (Lipinski definition) is 1. The summed E-state index contributed by atoms with van der Waals surface area (Å²) < 4.78 is 31.6. The van der Waals surface area contributed by atoms with Gasteiger partial charge in [-0.25, -0.2) is 13.6 Å². The molecule has 0 bridgehead atoms. The van der Waals surface area contributed by atoms with E-state index in [0.29, 0.717) is 15.8 Å². The van der Waals surface area contributed by atoms with Crippen LogP contribution in [0.2, 0.25) is 10.0 Å². The third-order valence-corrected chi connectivity index (χ3v) is 3.17. The molecule has 8 heteroatoms. The summed E-state index contributed by atoms with van der Waals surface area (Å²) in [5.41, 5.74) is 0. The third-order valence-electron chi connectivity index (χ3n) is 1.89. The number of halogens is 2. The number of nitrogens with two attached hydrogens (primary N) is 1. The summed E-state index contributed by atoms with van der Waals surface area (Å²) in [6, 6.07) is 4.87. The summed E-state index contributed by atoms with van der Waals surface area (Å²) in [6.45, 7) is 0.508. The molecule has 0 unspecified atom stereocenters. The molecule has 0 spiro atoms. The zero-order chi connectivity index (χ0) is 13.6. The highest BCUT2D eigenvalue weighted by molar-refractivity contribution is 7.89. The van der Waals surface area contributed by atoms with E-state index in [-0.39, 0.29) is 25.6 Å². The summed E-state index contributed by atoms with van der Waals surface area (Å²) in [5, 5.41) is 5.77. The van der Waals surface area contributed by atoms with Crippen LogP contribution in [0.5, 0.6) is 5.75 Å². The van der Waals surface area contributed by atoms with Crippen molar-refractivity contribution in [1.29, 1.82) is 0 Å².